The van der Waals surface area contributed by atoms with Gasteiger partial charge in [0.25, 0.3) is 0 Å². The average Bonchev–Trinajstić information content (AvgIpc) is 2.63. The minimum atomic E-state index is 0.376. The third-order valence-corrected chi connectivity index (χ3v) is 4.65. The highest BCUT2D eigenvalue weighted by Crippen LogP contribution is 2.39. The van der Waals surface area contributed by atoms with Crippen molar-refractivity contribution in [3.8, 4) is 0 Å². The van der Waals surface area contributed by atoms with Gasteiger partial charge in [-0.3, -0.25) is 0 Å². The van der Waals surface area contributed by atoms with Gasteiger partial charge in [0.2, 0.25) is 0 Å². The Bertz CT molecular complexity index is 839. The summed E-state index contributed by atoms with van der Waals surface area (Å²) in [6.07, 6.45) is 15.6. The summed E-state index contributed by atoms with van der Waals surface area (Å²) in [6.45, 7) is 2.15. The van der Waals surface area contributed by atoms with E-state index < -0.39 is 0 Å². The Balaban J connectivity index is 1.84. The molecule has 0 bridgehead atoms. The predicted molar refractivity (Wildman–Crippen MR) is 102 cm³/mol. The third-order valence-electron chi connectivity index (χ3n) is 4.65. The van der Waals surface area contributed by atoms with E-state index in [2.05, 4.69) is 109 Å². The smallest absolute Gasteiger partial charge is 0.0461 e. The zero-order valence-corrected chi connectivity index (χ0v) is 13.8. The van der Waals surface area contributed by atoms with E-state index in [0.717, 1.165) is 0 Å². The maximum Gasteiger partial charge on any atom is 0.0461 e. The molecule has 24 heavy (non-hydrogen) atoms. The Morgan fingerprint density at radius 2 is 1.50 bits per heavy atom. The van der Waals surface area contributed by atoms with Crippen molar-refractivity contribution < 1.29 is 0 Å². The Morgan fingerprint density at radius 3 is 2.33 bits per heavy atom. The summed E-state index contributed by atoms with van der Waals surface area (Å²) < 4.78 is 0. The molecule has 0 radical (unpaired) electrons. The summed E-state index contributed by atoms with van der Waals surface area (Å²) in [5.74, 6) is 0.812. The average molecular weight is 311 g/mol. The lowest BCUT2D eigenvalue weighted by Crippen LogP contribution is -2.27. The Hall–Kier alpha value is -2.80. The van der Waals surface area contributed by atoms with Crippen LogP contribution in [-0.4, -0.2) is 0 Å². The van der Waals surface area contributed by atoms with Crippen LogP contribution in [-0.2, 0) is 0 Å². The van der Waals surface area contributed by atoms with Gasteiger partial charge in [-0.15, -0.1) is 0 Å². The van der Waals surface area contributed by atoms with Crippen LogP contribution in [0.15, 0.2) is 103 Å². The number of rotatable bonds is 3. The summed E-state index contributed by atoms with van der Waals surface area (Å²) in [7, 11) is 0. The predicted octanol–water partition coefficient (Wildman–Crippen LogP) is 5.95. The molecule has 2 aromatic rings. The molecule has 0 N–H and O–H groups in total. The fourth-order valence-corrected chi connectivity index (χ4v) is 3.51. The van der Waals surface area contributed by atoms with Crippen LogP contribution in [0.1, 0.15) is 5.56 Å². The summed E-state index contributed by atoms with van der Waals surface area (Å²) in [4.78, 5) is 2.39. The largest absolute Gasteiger partial charge is 0.314 e. The molecular weight excluding hydrogens is 290 g/mol. The molecule has 118 valence electrons. The SMILES string of the molecule is Cc1cccc(N(C2=CC=CC3C=CC=CC23)c2ccccc2)c1. The standard InChI is InChI=1S/C23H21N/c1-18-9-7-14-21(17-18)24(20-12-3-2-4-13-20)23-16-8-11-19-10-5-6-15-22(19)23/h2-17,19,22H,1H3. The number of para-hydroxylation sites is 1. The van der Waals surface area contributed by atoms with E-state index in [9.17, 15) is 0 Å². The first-order valence-corrected chi connectivity index (χ1v) is 8.48. The van der Waals surface area contributed by atoms with Crippen LogP contribution in [0.2, 0.25) is 0 Å². The monoisotopic (exact) mass is 311 g/mol. The second kappa shape index (κ2) is 6.37. The molecule has 1 nitrogen and oxygen atoms in total. The zero-order chi connectivity index (χ0) is 16.4. The second-order valence-electron chi connectivity index (χ2n) is 6.36. The Labute approximate surface area is 143 Å². The number of hydrogen-bond acceptors (Lipinski definition) is 1. The van der Waals surface area contributed by atoms with Crippen LogP contribution < -0.4 is 4.90 Å². The molecule has 2 aliphatic rings. The summed E-state index contributed by atoms with van der Waals surface area (Å²) in [5.41, 5.74) is 5.01. The minimum Gasteiger partial charge on any atom is -0.314 e. The fourth-order valence-electron chi connectivity index (χ4n) is 3.51. The number of nitrogens with zero attached hydrogens (tertiary/aromatic N) is 1. The summed E-state index contributed by atoms with van der Waals surface area (Å²) in [5, 5.41) is 0. The fraction of sp³-hybridized carbons (Fsp3) is 0.130. The molecule has 4 rings (SSSR count). The first-order chi connectivity index (χ1) is 11.8. The number of allylic oxidation sites excluding steroid dienone is 7. The van der Waals surface area contributed by atoms with Crippen LogP contribution in [0.25, 0.3) is 0 Å². The lowest BCUT2D eigenvalue weighted by molar-refractivity contribution is 0.612. The van der Waals surface area contributed by atoms with Crippen molar-refractivity contribution in [1.29, 1.82) is 0 Å². The normalized spacial score (nSPS) is 21.3. The van der Waals surface area contributed by atoms with Gasteiger partial charge in [0.1, 0.15) is 0 Å². The third kappa shape index (κ3) is 2.74. The van der Waals surface area contributed by atoms with Gasteiger partial charge in [-0.25, -0.2) is 0 Å². The quantitative estimate of drug-likeness (QED) is 0.677. The minimum absolute atomic E-state index is 0.376. The van der Waals surface area contributed by atoms with Gasteiger partial charge >= 0.3 is 0 Å². The van der Waals surface area contributed by atoms with E-state index in [-0.39, 0.29) is 0 Å². The number of aryl methyl sites for hydroxylation is 1. The van der Waals surface area contributed by atoms with Crippen molar-refractivity contribution in [2.75, 3.05) is 4.90 Å². The maximum atomic E-state index is 2.39. The van der Waals surface area contributed by atoms with Crippen LogP contribution in [0.3, 0.4) is 0 Å². The molecule has 2 aromatic carbocycles. The number of anilines is 2. The van der Waals surface area contributed by atoms with Crippen LogP contribution in [0, 0.1) is 18.8 Å². The summed E-state index contributed by atoms with van der Waals surface area (Å²) >= 11 is 0. The maximum absolute atomic E-state index is 2.39. The van der Waals surface area contributed by atoms with E-state index in [4.69, 9.17) is 0 Å². The lowest BCUT2D eigenvalue weighted by Gasteiger charge is -2.36. The van der Waals surface area contributed by atoms with Gasteiger partial charge in [-0.1, -0.05) is 66.8 Å². The first-order valence-electron chi connectivity index (χ1n) is 8.48. The van der Waals surface area contributed by atoms with Crippen molar-refractivity contribution >= 4 is 11.4 Å². The van der Waals surface area contributed by atoms with Gasteiger partial charge in [-0.05, 0) is 42.8 Å². The molecule has 0 aromatic heterocycles. The van der Waals surface area contributed by atoms with E-state index >= 15 is 0 Å². The van der Waals surface area contributed by atoms with Crippen molar-refractivity contribution in [3.63, 3.8) is 0 Å². The highest BCUT2D eigenvalue weighted by molar-refractivity contribution is 5.70. The zero-order valence-electron chi connectivity index (χ0n) is 13.8. The van der Waals surface area contributed by atoms with Crippen molar-refractivity contribution in [2.45, 2.75) is 6.92 Å². The van der Waals surface area contributed by atoms with Crippen LogP contribution >= 0.6 is 0 Å². The van der Waals surface area contributed by atoms with Gasteiger partial charge < -0.3 is 4.90 Å². The highest BCUT2D eigenvalue weighted by atomic mass is 15.2. The second-order valence-corrected chi connectivity index (χ2v) is 6.36. The molecule has 1 heteroatoms. The molecule has 0 spiro atoms. The van der Waals surface area contributed by atoms with Crippen molar-refractivity contribution in [1.82, 2.24) is 0 Å². The van der Waals surface area contributed by atoms with Gasteiger partial charge in [0, 0.05) is 28.9 Å². The molecular formula is C23H21N. The number of hydrogen-bond donors (Lipinski definition) is 0. The molecule has 2 aliphatic carbocycles. The van der Waals surface area contributed by atoms with Gasteiger partial charge in [-0.2, -0.15) is 0 Å². The Morgan fingerprint density at radius 1 is 0.750 bits per heavy atom. The van der Waals surface area contributed by atoms with E-state index in [1.54, 1.807) is 0 Å². The van der Waals surface area contributed by atoms with Gasteiger partial charge in [0.05, 0.1) is 0 Å². The highest BCUT2D eigenvalue weighted by Gasteiger charge is 2.28. The molecule has 0 heterocycles. The topological polar surface area (TPSA) is 3.24 Å². The van der Waals surface area contributed by atoms with E-state index in [1.807, 2.05) is 0 Å². The number of benzene rings is 2. The van der Waals surface area contributed by atoms with Crippen molar-refractivity contribution in [2.24, 2.45) is 11.8 Å². The molecule has 0 amide bonds. The van der Waals surface area contributed by atoms with E-state index in [1.165, 1.54) is 22.6 Å². The summed E-state index contributed by atoms with van der Waals surface area (Å²) in [6, 6.07) is 19.4. The molecule has 0 fully saturated rings. The van der Waals surface area contributed by atoms with E-state index in [0.29, 0.717) is 11.8 Å². The molecule has 0 saturated carbocycles. The molecule has 2 atom stereocenters. The molecule has 0 aliphatic heterocycles. The number of fused-ring (bicyclic) bond motifs is 1. The Kier molecular flexibility index (Phi) is 3.92. The van der Waals surface area contributed by atoms with Crippen LogP contribution in [0.5, 0.6) is 0 Å². The van der Waals surface area contributed by atoms with Crippen molar-refractivity contribution in [3.05, 3.63) is 108 Å². The molecule has 0 saturated heterocycles. The molecule has 2 unspecified atom stereocenters. The van der Waals surface area contributed by atoms with Gasteiger partial charge in [0.15, 0.2) is 0 Å². The lowest BCUT2D eigenvalue weighted by atomic mass is 9.82. The van der Waals surface area contributed by atoms with Crippen LogP contribution in [0.4, 0.5) is 11.4 Å². The first kappa shape index (κ1) is 14.8.